The molecule has 1 heterocycles. The summed E-state index contributed by atoms with van der Waals surface area (Å²) in [6, 6.07) is 0. The smallest absolute Gasteiger partial charge is 0.218 e. The van der Waals surface area contributed by atoms with Crippen molar-refractivity contribution in [1.82, 2.24) is 9.80 Å². The predicted molar refractivity (Wildman–Crippen MR) is 47.7 cm³/mol. The van der Waals surface area contributed by atoms with Crippen LogP contribution in [0.25, 0.3) is 0 Å². The molecule has 0 saturated carbocycles. The number of amides is 1. The van der Waals surface area contributed by atoms with Gasteiger partial charge in [0.25, 0.3) is 0 Å². The van der Waals surface area contributed by atoms with Crippen molar-refractivity contribution < 1.29 is 4.79 Å². The first-order valence-corrected chi connectivity index (χ1v) is 4.37. The summed E-state index contributed by atoms with van der Waals surface area (Å²) < 4.78 is 0. The van der Waals surface area contributed by atoms with Crippen LogP contribution in [0.2, 0.25) is 0 Å². The van der Waals surface area contributed by atoms with E-state index in [1.54, 1.807) is 0 Å². The highest BCUT2D eigenvalue weighted by Crippen LogP contribution is 1.99. The standard InChI is InChI=1S/C8H17N3O/c1-10-4-6-11(7-5-10)3-2-8(9)12/h2-7H2,1H3,(H2,9,12). The van der Waals surface area contributed by atoms with Gasteiger partial charge in [0.2, 0.25) is 5.91 Å². The fourth-order valence-corrected chi connectivity index (χ4v) is 1.34. The molecule has 0 bridgehead atoms. The van der Waals surface area contributed by atoms with Gasteiger partial charge in [-0.3, -0.25) is 4.79 Å². The van der Waals surface area contributed by atoms with Gasteiger partial charge in [-0.15, -0.1) is 0 Å². The summed E-state index contributed by atoms with van der Waals surface area (Å²) in [5.41, 5.74) is 5.06. The molecule has 0 aromatic heterocycles. The molecular formula is C8H17N3O. The summed E-state index contributed by atoms with van der Waals surface area (Å²) in [6.07, 6.45) is 0.490. The lowest BCUT2D eigenvalue weighted by molar-refractivity contribution is -0.118. The van der Waals surface area contributed by atoms with Crippen molar-refractivity contribution in [3.05, 3.63) is 0 Å². The number of carbonyl (C=O) groups excluding carboxylic acids is 1. The lowest BCUT2D eigenvalue weighted by Crippen LogP contribution is -2.45. The number of hydrogen-bond donors (Lipinski definition) is 1. The third-order valence-corrected chi connectivity index (χ3v) is 2.27. The first kappa shape index (κ1) is 9.48. The molecule has 1 amide bonds. The molecule has 1 rings (SSSR count). The highest BCUT2D eigenvalue weighted by atomic mass is 16.1. The first-order chi connectivity index (χ1) is 5.68. The van der Waals surface area contributed by atoms with E-state index in [2.05, 4.69) is 16.8 Å². The van der Waals surface area contributed by atoms with Crippen molar-refractivity contribution in [1.29, 1.82) is 0 Å². The number of likely N-dealkylation sites (N-methyl/N-ethyl adjacent to an activating group) is 1. The van der Waals surface area contributed by atoms with Crippen LogP contribution < -0.4 is 5.73 Å². The maximum Gasteiger partial charge on any atom is 0.218 e. The number of primary amides is 1. The number of piperazine rings is 1. The van der Waals surface area contributed by atoms with E-state index in [-0.39, 0.29) is 5.91 Å². The Kier molecular flexibility index (Phi) is 3.49. The molecule has 0 aromatic carbocycles. The second-order valence-electron chi connectivity index (χ2n) is 3.36. The Balaban J connectivity index is 2.13. The maximum atomic E-state index is 10.5. The quantitative estimate of drug-likeness (QED) is 0.599. The summed E-state index contributed by atoms with van der Waals surface area (Å²) in [6.45, 7) is 5.13. The van der Waals surface area contributed by atoms with Crippen molar-refractivity contribution in [2.24, 2.45) is 5.73 Å². The normalized spacial score (nSPS) is 21.1. The van der Waals surface area contributed by atoms with Crippen LogP contribution in [0, 0.1) is 0 Å². The van der Waals surface area contributed by atoms with Gasteiger partial charge in [-0.25, -0.2) is 0 Å². The van der Waals surface area contributed by atoms with Gasteiger partial charge in [-0.05, 0) is 7.05 Å². The zero-order chi connectivity index (χ0) is 8.97. The molecule has 0 aromatic rings. The van der Waals surface area contributed by atoms with E-state index in [1.165, 1.54) is 0 Å². The van der Waals surface area contributed by atoms with E-state index in [9.17, 15) is 4.79 Å². The lowest BCUT2D eigenvalue weighted by Gasteiger charge is -2.31. The predicted octanol–water partition coefficient (Wildman–Crippen LogP) is -0.891. The van der Waals surface area contributed by atoms with Gasteiger partial charge < -0.3 is 15.5 Å². The van der Waals surface area contributed by atoms with E-state index in [1.807, 2.05) is 0 Å². The molecule has 1 aliphatic heterocycles. The van der Waals surface area contributed by atoms with Crippen molar-refractivity contribution in [2.75, 3.05) is 39.8 Å². The molecule has 70 valence electrons. The topological polar surface area (TPSA) is 49.6 Å². The summed E-state index contributed by atoms with van der Waals surface area (Å²) in [5.74, 6) is -0.200. The number of nitrogens with two attached hydrogens (primary N) is 1. The molecule has 1 aliphatic rings. The third kappa shape index (κ3) is 3.19. The van der Waals surface area contributed by atoms with Crippen LogP contribution in [0.4, 0.5) is 0 Å². The lowest BCUT2D eigenvalue weighted by atomic mass is 10.3. The molecule has 0 atom stereocenters. The van der Waals surface area contributed by atoms with E-state index >= 15 is 0 Å². The van der Waals surface area contributed by atoms with Gasteiger partial charge in [-0.2, -0.15) is 0 Å². The van der Waals surface area contributed by atoms with Crippen LogP contribution in [0.15, 0.2) is 0 Å². The van der Waals surface area contributed by atoms with Crippen molar-refractivity contribution in [3.63, 3.8) is 0 Å². The van der Waals surface area contributed by atoms with Crippen LogP contribution in [-0.4, -0.2) is 55.5 Å². The van der Waals surface area contributed by atoms with E-state index in [0.29, 0.717) is 6.42 Å². The third-order valence-electron chi connectivity index (χ3n) is 2.27. The molecular weight excluding hydrogens is 154 g/mol. The van der Waals surface area contributed by atoms with Gasteiger partial charge in [0.1, 0.15) is 0 Å². The number of hydrogen-bond acceptors (Lipinski definition) is 3. The Morgan fingerprint density at radius 3 is 2.42 bits per heavy atom. The van der Waals surface area contributed by atoms with E-state index in [0.717, 1.165) is 32.7 Å². The van der Waals surface area contributed by atoms with E-state index < -0.39 is 0 Å². The van der Waals surface area contributed by atoms with Crippen molar-refractivity contribution in [2.45, 2.75) is 6.42 Å². The molecule has 0 radical (unpaired) electrons. The Labute approximate surface area is 73.3 Å². The summed E-state index contributed by atoms with van der Waals surface area (Å²) in [4.78, 5) is 15.1. The molecule has 12 heavy (non-hydrogen) atoms. The largest absolute Gasteiger partial charge is 0.370 e. The average molecular weight is 171 g/mol. The molecule has 0 spiro atoms. The minimum Gasteiger partial charge on any atom is -0.370 e. The average Bonchev–Trinajstić information content (AvgIpc) is 2.03. The molecule has 1 fully saturated rings. The second-order valence-corrected chi connectivity index (χ2v) is 3.36. The molecule has 4 nitrogen and oxygen atoms in total. The first-order valence-electron chi connectivity index (χ1n) is 4.37. The number of rotatable bonds is 3. The van der Waals surface area contributed by atoms with Crippen LogP contribution in [0.3, 0.4) is 0 Å². The molecule has 1 saturated heterocycles. The molecule has 4 heteroatoms. The zero-order valence-corrected chi connectivity index (χ0v) is 7.62. The van der Waals surface area contributed by atoms with Gasteiger partial charge in [-0.1, -0.05) is 0 Å². The monoisotopic (exact) mass is 171 g/mol. The highest BCUT2D eigenvalue weighted by Gasteiger charge is 2.13. The van der Waals surface area contributed by atoms with Crippen LogP contribution in [0.5, 0.6) is 0 Å². The molecule has 2 N–H and O–H groups in total. The molecule has 0 aliphatic carbocycles. The zero-order valence-electron chi connectivity index (χ0n) is 7.62. The van der Waals surface area contributed by atoms with E-state index in [4.69, 9.17) is 5.73 Å². The fraction of sp³-hybridized carbons (Fsp3) is 0.875. The second kappa shape index (κ2) is 4.42. The Morgan fingerprint density at radius 1 is 1.33 bits per heavy atom. The fourth-order valence-electron chi connectivity index (χ4n) is 1.34. The minimum atomic E-state index is -0.200. The number of nitrogens with zero attached hydrogens (tertiary/aromatic N) is 2. The minimum absolute atomic E-state index is 0.200. The van der Waals surface area contributed by atoms with Gasteiger partial charge in [0, 0.05) is 39.1 Å². The van der Waals surface area contributed by atoms with Crippen molar-refractivity contribution in [3.8, 4) is 0 Å². The summed E-state index contributed by atoms with van der Waals surface area (Å²) in [7, 11) is 2.12. The Bertz CT molecular complexity index is 152. The summed E-state index contributed by atoms with van der Waals surface area (Å²) >= 11 is 0. The van der Waals surface area contributed by atoms with Crippen LogP contribution in [-0.2, 0) is 4.79 Å². The number of carbonyl (C=O) groups is 1. The Hall–Kier alpha value is -0.610. The summed E-state index contributed by atoms with van der Waals surface area (Å²) in [5, 5.41) is 0. The molecule has 0 unspecified atom stereocenters. The highest BCUT2D eigenvalue weighted by molar-refractivity contribution is 5.73. The van der Waals surface area contributed by atoms with Crippen LogP contribution >= 0.6 is 0 Å². The van der Waals surface area contributed by atoms with Crippen LogP contribution in [0.1, 0.15) is 6.42 Å². The van der Waals surface area contributed by atoms with Gasteiger partial charge in [0.15, 0.2) is 0 Å². The van der Waals surface area contributed by atoms with Crippen molar-refractivity contribution >= 4 is 5.91 Å². The van der Waals surface area contributed by atoms with Gasteiger partial charge in [0.05, 0.1) is 0 Å². The Morgan fingerprint density at radius 2 is 1.92 bits per heavy atom. The maximum absolute atomic E-state index is 10.5. The van der Waals surface area contributed by atoms with Gasteiger partial charge >= 0.3 is 0 Å². The SMILES string of the molecule is CN1CCN(CCC(N)=O)CC1.